The van der Waals surface area contributed by atoms with Gasteiger partial charge in [0, 0.05) is 0 Å². The summed E-state index contributed by atoms with van der Waals surface area (Å²) in [7, 11) is 0. The van der Waals surface area contributed by atoms with E-state index in [4.69, 9.17) is 9.47 Å². The van der Waals surface area contributed by atoms with E-state index in [2.05, 4.69) is 0 Å². The van der Waals surface area contributed by atoms with Gasteiger partial charge in [-0.2, -0.15) is 0 Å². The van der Waals surface area contributed by atoms with Gasteiger partial charge in [-0.3, -0.25) is 0 Å². The Balaban J connectivity index is 2.02. The zero-order valence-electron chi connectivity index (χ0n) is 13.4. The first-order valence-corrected chi connectivity index (χ1v) is 13.2. The van der Waals surface area contributed by atoms with E-state index in [1.165, 1.54) is 6.14 Å². The van der Waals surface area contributed by atoms with Crippen molar-refractivity contribution in [3.63, 3.8) is 0 Å². The summed E-state index contributed by atoms with van der Waals surface area (Å²) in [5.74, 6) is -0.566. The fraction of sp³-hybridized carbons (Fsp3) is 0.222. The number of rotatable bonds is 6. The first-order chi connectivity index (χ1) is 11.1. The third kappa shape index (κ3) is 5.17. The zero-order valence-corrected chi connectivity index (χ0v) is 18.9. The standard InChI is InChI=1S/2C9H9O2.Hg/c2*1-2-11-9(10)8-6-4-3-5-7-8;/h2*4-7H,2H2,1H3;. The van der Waals surface area contributed by atoms with Crippen LogP contribution in [0.2, 0.25) is 0 Å². The van der Waals surface area contributed by atoms with Crippen LogP contribution < -0.4 is 6.14 Å². The van der Waals surface area contributed by atoms with Gasteiger partial charge in [-0.05, 0) is 0 Å². The molecule has 2 aromatic carbocycles. The number of carbonyl (C=O) groups is 2. The van der Waals surface area contributed by atoms with Gasteiger partial charge >= 0.3 is 148 Å². The molecule has 0 saturated carbocycles. The van der Waals surface area contributed by atoms with E-state index in [1.807, 2.05) is 48.5 Å². The van der Waals surface area contributed by atoms with Crippen molar-refractivity contribution < 1.29 is 43.6 Å². The van der Waals surface area contributed by atoms with Crippen LogP contribution >= 0.6 is 0 Å². The molecule has 0 fully saturated rings. The van der Waals surface area contributed by atoms with E-state index >= 15 is 0 Å². The van der Waals surface area contributed by atoms with Crippen molar-refractivity contribution >= 4 is 18.1 Å². The van der Waals surface area contributed by atoms with Gasteiger partial charge in [-0.15, -0.1) is 0 Å². The van der Waals surface area contributed by atoms with Gasteiger partial charge in [0.2, 0.25) is 0 Å². The van der Waals surface area contributed by atoms with E-state index in [-0.39, 0.29) is 11.9 Å². The Bertz CT molecular complexity index is 603. The van der Waals surface area contributed by atoms with Gasteiger partial charge in [0.15, 0.2) is 0 Å². The van der Waals surface area contributed by atoms with Crippen molar-refractivity contribution in [2.24, 2.45) is 0 Å². The Labute approximate surface area is 148 Å². The fourth-order valence-electron chi connectivity index (χ4n) is 2.18. The number of hydrogen-bond acceptors (Lipinski definition) is 4. The molecule has 2 rings (SSSR count). The minimum atomic E-state index is -1.47. The SMILES string of the molecule is CCOC(=O)c1cc[c]([Hg][c]2ccc(C(=O)OCC)cc2)cc1. The molecule has 0 aliphatic carbocycles. The molecule has 0 saturated heterocycles. The second-order valence-corrected chi connectivity index (χ2v) is 12.7. The second kappa shape index (κ2) is 8.82. The van der Waals surface area contributed by atoms with Crippen molar-refractivity contribution in [1.29, 1.82) is 0 Å². The van der Waals surface area contributed by atoms with Crippen LogP contribution in [0, 0.1) is 0 Å². The molecule has 0 heterocycles. The molecule has 0 aliphatic heterocycles. The van der Waals surface area contributed by atoms with Crippen molar-refractivity contribution in [2.75, 3.05) is 13.2 Å². The quantitative estimate of drug-likeness (QED) is 0.452. The van der Waals surface area contributed by atoms with E-state index in [0.717, 1.165) is 0 Å². The fourth-order valence-corrected chi connectivity index (χ4v) is 7.68. The number of carbonyl (C=O) groups excluding carboxylic acids is 2. The maximum atomic E-state index is 11.6. The predicted octanol–water partition coefficient (Wildman–Crippen LogP) is 2.07. The molecule has 23 heavy (non-hydrogen) atoms. The number of hydrogen-bond donors (Lipinski definition) is 0. The van der Waals surface area contributed by atoms with Crippen molar-refractivity contribution in [3.8, 4) is 0 Å². The van der Waals surface area contributed by atoms with E-state index < -0.39 is 24.6 Å². The summed E-state index contributed by atoms with van der Waals surface area (Å²) >= 11 is -1.47. The summed E-state index contributed by atoms with van der Waals surface area (Å²) in [6.07, 6.45) is 0. The zero-order chi connectivity index (χ0) is 16.7. The van der Waals surface area contributed by atoms with Gasteiger partial charge in [-0.25, -0.2) is 0 Å². The molecule has 0 aliphatic rings. The number of esters is 2. The Hall–Kier alpha value is -1.68. The van der Waals surface area contributed by atoms with Crippen LogP contribution in [0.3, 0.4) is 0 Å². The summed E-state index contributed by atoms with van der Waals surface area (Å²) in [4.78, 5) is 23.2. The molecule has 0 radical (unpaired) electrons. The third-order valence-corrected chi connectivity index (χ3v) is 10.2. The second-order valence-electron chi connectivity index (χ2n) is 5.01. The molecule has 116 valence electrons. The van der Waals surface area contributed by atoms with Crippen molar-refractivity contribution in [2.45, 2.75) is 13.8 Å². The Morgan fingerprint density at radius 2 is 1.09 bits per heavy atom. The summed E-state index contributed by atoms with van der Waals surface area (Å²) in [5, 5.41) is 0. The molecule has 4 nitrogen and oxygen atoms in total. The molecule has 5 heteroatoms. The van der Waals surface area contributed by atoms with Crippen LogP contribution in [0.15, 0.2) is 48.5 Å². The van der Waals surface area contributed by atoms with Crippen molar-refractivity contribution in [3.05, 3.63) is 59.7 Å². The van der Waals surface area contributed by atoms with Gasteiger partial charge in [-0.1, -0.05) is 0 Å². The van der Waals surface area contributed by atoms with E-state index in [0.29, 0.717) is 24.3 Å². The van der Waals surface area contributed by atoms with E-state index in [1.54, 1.807) is 13.8 Å². The van der Waals surface area contributed by atoms with Crippen LogP contribution in [0.4, 0.5) is 0 Å². The van der Waals surface area contributed by atoms with Gasteiger partial charge in [0.1, 0.15) is 0 Å². The minimum absolute atomic E-state index is 0.283. The summed E-state index contributed by atoms with van der Waals surface area (Å²) in [6.45, 7) is 4.35. The van der Waals surface area contributed by atoms with Gasteiger partial charge < -0.3 is 0 Å². The van der Waals surface area contributed by atoms with Crippen LogP contribution in [0.25, 0.3) is 0 Å². The monoisotopic (exact) mass is 500 g/mol. The Kier molecular flexibility index (Phi) is 6.77. The first-order valence-electron chi connectivity index (χ1n) is 7.66. The Morgan fingerprint density at radius 3 is 1.39 bits per heavy atom. The summed E-state index contributed by atoms with van der Waals surface area (Å²) < 4.78 is 12.6. The normalized spacial score (nSPS) is 9.83. The van der Waals surface area contributed by atoms with Gasteiger partial charge in [0.25, 0.3) is 0 Å². The molecule has 0 amide bonds. The topological polar surface area (TPSA) is 52.6 Å². The predicted molar refractivity (Wildman–Crippen MR) is 84.1 cm³/mol. The summed E-state index contributed by atoms with van der Waals surface area (Å²) in [6, 6.07) is 15.3. The maximum absolute atomic E-state index is 11.6. The number of ether oxygens (including phenoxy) is 2. The molecule has 0 atom stereocenters. The number of benzene rings is 2. The van der Waals surface area contributed by atoms with Gasteiger partial charge in [0.05, 0.1) is 0 Å². The van der Waals surface area contributed by atoms with Crippen LogP contribution in [-0.2, 0) is 34.0 Å². The van der Waals surface area contributed by atoms with Crippen LogP contribution in [0.5, 0.6) is 0 Å². The Morgan fingerprint density at radius 1 is 0.739 bits per heavy atom. The molecular formula is C18H18HgO4. The summed E-state index contributed by atoms with van der Waals surface area (Å²) in [5.41, 5.74) is 1.17. The van der Waals surface area contributed by atoms with Crippen LogP contribution in [-0.4, -0.2) is 25.2 Å². The molecule has 0 aromatic heterocycles. The molecule has 0 N–H and O–H groups in total. The molecule has 0 spiro atoms. The molecule has 0 unspecified atom stereocenters. The van der Waals surface area contributed by atoms with Crippen LogP contribution in [0.1, 0.15) is 34.6 Å². The molecule has 0 bridgehead atoms. The molecule has 2 aromatic rings. The molecular weight excluding hydrogens is 481 g/mol. The van der Waals surface area contributed by atoms with E-state index in [9.17, 15) is 9.59 Å². The average Bonchev–Trinajstić information content (AvgIpc) is 2.56. The third-order valence-electron chi connectivity index (χ3n) is 3.34. The van der Waals surface area contributed by atoms with Crippen molar-refractivity contribution in [1.82, 2.24) is 0 Å². The first kappa shape index (κ1) is 17.7. The average molecular weight is 499 g/mol.